The van der Waals surface area contributed by atoms with Gasteiger partial charge in [-0.2, -0.15) is 0 Å². The van der Waals surface area contributed by atoms with E-state index in [-0.39, 0.29) is 12.5 Å². The Bertz CT molecular complexity index is 911. The second-order valence-electron chi connectivity index (χ2n) is 7.19. The summed E-state index contributed by atoms with van der Waals surface area (Å²) in [7, 11) is 1.65. The number of urea groups is 1. The van der Waals surface area contributed by atoms with E-state index >= 15 is 0 Å². The lowest BCUT2D eigenvalue weighted by atomic mass is 9.91. The molecular formula is C21H22BrN3O3. The number of rotatable bonds is 5. The number of hydrogen-bond donors (Lipinski definition) is 1. The van der Waals surface area contributed by atoms with Gasteiger partial charge in [-0.15, -0.1) is 0 Å². The third-order valence-electron chi connectivity index (χ3n) is 4.96. The topological polar surface area (TPSA) is 69.7 Å². The molecule has 1 atom stereocenters. The molecule has 1 saturated heterocycles. The fraction of sp³-hybridized carbons (Fsp3) is 0.286. The number of aryl methyl sites for hydroxylation is 1. The quantitative estimate of drug-likeness (QED) is 0.721. The highest BCUT2D eigenvalue weighted by Gasteiger charge is 2.49. The molecule has 6 nitrogen and oxygen atoms in total. The predicted molar refractivity (Wildman–Crippen MR) is 109 cm³/mol. The summed E-state index contributed by atoms with van der Waals surface area (Å²) in [5.41, 5.74) is 1.54. The minimum Gasteiger partial charge on any atom is -0.340 e. The van der Waals surface area contributed by atoms with Crippen LogP contribution in [0.2, 0.25) is 0 Å². The van der Waals surface area contributed by atoms with Crippen LogP contribution < -0.4 is 5.32 Å². The summed E-state index contributed by atoms with van der Waals surface area (Å²) < 4.78 is 0.958. The predicted octanol–water partition coefficient (Wildman–Crippen LogP) is 3.18. The summed E-state index contributed by atoms with van der Waals surface area (Å²) >= 11 is 3.38. The van der Waals surface area contributed by atoms with Crippen molar-refractivity contribution < 1.29 is 14.4 Å². The summed E-state index contributed by atoms with van der Waals surface area (Å²) in [5, 5.41) is 2.73. The van der Waals surface area contributed by atoms with Gasteiger partial charge in [-0.3, -0.25) is 14.5 Å². The summed E-state index contributed by atoms with van der Waals surface area (Å²) in [6.45, 7) is 3.71. The van der Waals surface area contributed by atoms with Crippen LogP contribution in [0, 0.1) is 6.92 Å². The van der Waals surface area contributed by atoms with Gasteiger partial charge in [0.05, 0.1) is 0 Å². The van der Waals surface area contributed by atoms with Crippen molar-refractivity contribution in [2.45, 2.75) is 25.9 Å². The molecule has 7 heteroatoms. The number of hydrogen-bond acceptors (Lipinski definition) is 3. The van der Waals surface area contributed by atoms with E-state index in [1.54, 1.807) is 14.0 Å². The molecule has 1 aliphatic heterocycles. The molecule has 0 spiro atoms. The number of halogens is 1. The smallest absolute Gasteiger partial charge is 0.325 e. The van der Waals surface area contributed by atoms with Gasteiger partial charge < -0.3 is 10.2 Å². The van der Waals surface area contributed by atoms with Crippen LogP contribution in [-0.2, 0) is 21.7 Å². The van der Waals surface area contributed by atoms with Crippen molar-refractivity contribution >= 4 is 33.8 Å². The van der Waals surface area contributed by atoms with Crippen LogP contribution in [0.15, 0.2) is 53.0 Å². The van der Waals surface area contributed by atoms with Crippen LogP contribution in [-0.4, -0.2) is 41.2 Å². The molecule has 28 heavy (non-hydrogen) atoms. The van der Waals surface area contributed by atoms with E-state index in [4.69, 9.17) is 0 Å². The zero-order valence-electron chi connectivity index (χ0n) is 16.0. The minimum absolute atomic E-state index is 0.293. The third-order valence-corrected chi connectivity index (χ3v) is 5.48. The Morgan fingerprint density at radius 3 is 2.32 bits per heavy atom. The molecule has 2 aromatic rings. The molecule has 3 rings (SSSR count). The molecule has 1 heterocycles. The number of amides is 4. The van der Waals surface area contributed by atoms with E-state index in [0.717, 1.165) is 20.5 Å². The highest BCUT2D eigenvalue weighted by Crippen LogP contribution is 2.29. The molecule has 146 valence electrons. The Kier molecular flexibility index (Phi) is 5.56. The number of carbonyl (C=O) groups excluding carboxylic acids is 3. The zero-order chi connectivity index (χ0) is 20.5. The highest BCUT2D eigenvalue weighted by atomic mass is 79.9. The second kappa shape index (κ2) is 7.75. The lowest BCUT2D eigenvalue weighted by molar-refractivity contribution is -0.138. The summed E-state index contributed by atoms with van der Waals surface area (Å²) in [6, 6.07) is 14.5. The summed E-state index contributed by atoms with van der Waals surface area (Å²) in [4.78, 5) is 40.4. The molecule has 1 N–H and O–H groups in total. The van der Waals surface area contributed by atoms with Crippen LogP contribution in [0.3, 0.4) is 0 Å². The number of imide groups is 1. The summed E-state index contributed by atoms with van der Waals surface area (Å²) in [5.74, 6) is -0.730. The van der Waals surface area contributed by atoms with E-state index in [1.807, 2.05) is 55.5 Å². The first-order chi connectivity index (χ1) is 13.2. The van der Waals surface area contributed by atoms with Crippen LogP contribution in [0.25, 0.3) is 0 Å². The average molecular weight is 444 g/mol. The standard InChI is InChI=1S/C21H22BrN3O3/c1-14-4-8-16(9-5-14)21(2)19(27)25(20(28)23-21)13-18(26)24(3)12-15-6-10-17(22)11-7-15/h4-11H,12-13H2,1-3H3,(H,23,28). The molecule has 2 aromatic carbocycles. The van der Waals surface area contributed by atoms with Gasteiger partial charge in [-0.05, 0) is 37.1 Å². The van der Waals surface area contributed by atoms with Gasteiger partial charge in [0.15, 0.2) is 0 Å². The van der Waals surface area contributed by atoms with Gasteiger partial charge in [0.25, 0.3) is 5.91 Å². The van der Waals surface area contributed by atoms with Crippen molar-refractivity contribution in [2.75, 3.05) is 13.6 Å². The lowest BCUT2D eigenvalue weighted by Gasteiger charge is -2.23. The molecule has 0 aliphatic carbocycles. The monoisotopic (exact) mass is 443 g/mol. The highest BCUT2D eigenvalue weighted by molar-refractivity contribution is 9.10. The fourth-order valence-corrected chi connectivity index (χ4v) is 3.40. The maximum Gasteiger partial charge on any atom is 0.325 e. The van der Waals surface area contributed by atoms with E-state index in [0.29, 0.717) is 12.1 Å². The first kappa shape index (κ1) is 20.1. The molecule has 0 bridgehead atoms. The number of nitrogens with zero attached hydrogens (tertiary/aromatic N) is 2. The fourth-order valence-electron chi connectivity index (χ4n) is 3.13. The van der Waals surface area contributed by atoms with Gasteiger partial charge in [-0.1, -0.05) is 57.9 Å². The Morgan fingerprint density at radius 1 is 1.11 bits per heavy atom. The molecule has 0 radical (unpaired) electrons. The third kappa shape index (κ3) is 3.94. The van der Waals surface area contributed by atoms with E-state index in [9.17, 15) is 14.4 Å². The number of nitrogens with one attached hydrogen (secondary N) is 1. The normalized spacial score (nSPS) is 18.9. The molecule has 1 unspecified atom stereocenters. The minimum atomic E-state index is -1.17. The first-order valence-corrected chi connectivity index (χ1v) is 9.69. The molecular weight excluding hydrogens is 422 g/mol. The van der Waals surface area contributed by atoms with Crippen LogP contribution >= 0.6 is 15.9 Å². The van der Waals surface area contributed by atoms with Crippen molar-refractivity contribution in [2.24, 2.45) is 0 Å². The molecule has 1 aliphatic rings. The average Bonchev–Trinajstić information content (AvgIpc) is 2.88. The molecule has 0 saturated carbocycles. The number of likely N-dealkylation sites (N-methyl/N-ethyl adjacent to an activating group) is 1. The van der Waals surface area contributed by atoms with E-state index in [1.165, 1.54) is 4.90 Å². The Labute approximate surface area is 172 Å². The summed E-state index contributed by atoms with van der Waals surface area (Å²) in [6.07, 6.45) is 0. The van der Waals surface area contributed by atoms with Crippen LogP contribution in [0.1, 0.15) is 23.6 Å². The van der Waals surface area contributed by atoms with E-state index < -0.39 is 17.5 Å². The van der Waals surface area contributed by atoms with Gasteiger partial charge in [0.2, 0.25) is 5.91 Å². The first-order valence-electron chi connectivity index (χ1n) is 8.90. The second-order valence-corrected chi connectivity index (χ2v) is 8.10. The van der Waals surface area contributed by atoms with Gasteiger partial charge >= 0.3 is 6.03 Å². The maximum absolute atomic E-state index is 12.9. The Balaban J connectivity index is 1.70. The van der Waals surface area contributed by atoms with Crippen molar-refractivity contribution in [1.82, 2.24) is 15.1 Å². The lowest BCUT2D eigenvalue weighted by Crippen LogP contribution is -2.43. The largest absolute Gasteiger partial charge is 0.340 e. The van der Waals surface area contributed by atoms with Crippen molar-refractivity contribution in [1.29, 1.82) is 0 Å². The van der Waals surface area contributed by atoms with Crippen molar-refractivity contribution in [3.63, 3.8) is 0 Å². The van der Waals surface area contributed by atoms with Gasteiger partial charge in [0.1, 0.15) is 12.1 Å². The Hall–Kier alpha value is -2.67. The number of benzene rings is 2. The van der Waals surface area contributed by atoms with E-state index in [2.05, 4.69) is 21.2 Å². The maximum atomic E-state index is 12.9. The Morgan fingerprint density at radius 2 is 1.71 bits per heavy atom. The molecule has 1 fully saturated rings. The van der Waals surface area contributed by atoms with Gasteiger partial charge in [-0.25, -0.2) is 4.79 Å². The van der Waals surface area contributed by atoms with Crippen molar-refractivity contribution in [3.8, 4) is 0 Å². The SMILES string of the molecule is Cc1ccc(C2(C)NC(=O)N(CC(=O)N(C)Cc3ccc(Br)cc3)C2=O)cc1. The number of carbonyl (C=O) groups is 3. The van der Waals surface area contributed by atoms with Crippen molar-refractivity contribution in [3.05, 3.63) is 69.7 Å². The van der Waals surface area contributed by atoms with Crippen LogP contribution in [0.5, 0.6) is 0 Å². The zero-order valence-corrected chi connectivity index (χ0v) is 17.6. The van der Waals surface area contributed by atoms with Crippen LogP contribution in [0.4, 0.5) is 4.79 Å². The molecule has 0 aromatic heterocycles. The van der Waals surface area contributed by atoms with Gasteiger partial charge in [0, 0.05) is 18.1 Å². The molecule has 4 amide bonds.